The van der Waals surface area contributed by atoms with Gasteiger partial charge in [0.2, 0.25) is 0 Å². The summed E-state index contributed by atoms with van der Waals surface area (Å²) in [6.07, 6.45) is 1.78. The van der Waals surface area contributed by atoms with Gasteiger partial charge in [0.25, 0.3) is 5.91 Å². The molecule has 0 atom stereocenters. The highest BCUT2D eigenvalue weighted by molar-refractivity contribution is 5.96. The second-order valence-electron chi connectivity index (χ2n) is 5.40. The van der Waals surface area contributed by atoms with Crippen LogP contribution in [0.2, 0.25) is 0 Å². The second kappa shape index (κ2) is 8.39. The summed E-state index contributed by atoms with van der Waals surface area (Å²) in [6, 6.07) is 5.69. The number of hydrogen-bond acceptors (Lipinski definition) is 3. The fourth-order valence-corrected chi connectivity index (χ4v) is 1.83. The Morgan fingerprint density at radius 3 is 2.57 bits per heavy atom. The molecule has 1 aromatic rings. The van der Waals surface area contributed by atoms with Gasteiger partial charge in [-0.15, -0.1) is 0 Å². The van der Waals surface area contributed by atoms with Gasteiger partial charge in [-0.05, 0) is 30.9 Å². The summed E-state index contributed by atoms with van der Waals surface area (Å²) in [5, 5.41) is 0. The van der Waals surface area contributed by atoms with E-state index < -0.39 is 17.7 Å². The van der Waals surface area contributed by atoms with Crippen LogP contribution in [0.15, 0.2) is 24.3 Å². The zero-order chi connectivity index (χ0) is 15.8. The van der Waals surface area contributed by atoms with Crippen LogP contribution in [0.5, 0.6) is 0 Å². The van der Waals surface area contributed by atoms with E-state index in [0.29, 0.717) is 12.5 Å². The molecule has 0 fully saturated rings. The molecule has 1 rings (SSSR count). The molecule has 0 radical (unpaired) electrons. The molecule has 116 valence electrons. The fourth-order valence-electron chi connectivity index (χ4n) is 1.83. The monoisotopic (exact) mass is 295 g/mol. The van der Waals surface area contributed by atoms with Gasteiger partial charge in [0.05, 0.1) is 12.2 Å². The average molecular weight is 295 g/mol. The van der Waals surface area contributed by atoms with E-state index in [4.69, 9.17) is 4.74 Å². The van der Waals surface area contributed by atoms with Crippen LogP contribution < -0.4 is 0 Å². The second-order valence-corrected chi connectivity index (χ2v) is 5.40. The Balaban J connectivity index is 2.42. The molecule has 1 amide bonds. The van der Waals surface area contributed by atoms with Gasteiger partial charge in [-0.1, -0.05) is 26.0 Å². The molecule has 0 heterocycles. The smallest absolute Gasteiger partial charge is 0.325 e. The zero-order valence-electron chi connectivity index (χ0n) is 12.8. The highest BCUT2D eigenvalue weighted by Crippen LogP contribution is 2.09. The van der Waals surface area contributed by atoms with Crippen LogP contribution in [-0.2, 0) is 9.53 Å². The van der Waals surface area contributed by atoms with Gasteiger partial charge in [-0.3, -0.25) is 9.59 Å². The molecule has 21 heavy (non-hydrogen) atoms. The number of benzene rings is 1. The van der Waals surface area contributed by atoms with Crippen molar-refractivity contribution < 1.29 is 18.7 Å². The summed E-state index contributed by atoms with van der Waals surface area (Å²) in [7, 11) is 1.45. The maximum atomic E-state index is 13.5. The Kier molecular flexibility index (Phi) is 6.85. The minimum absolute atomic E-state index is 0.0485. The Labute approximate surface area is 124 Å². The molecule has 0 unspecified atom stereocenters. The van der Waals surface area contributed by atoms with E-state index in [1.165, 1.54) is 25.2 Å². The maximum Gasteiger partial charge on any atom is 0.325 e. The molecule has 0 aromatic heterocycles. The van der Waals surface area contributed by atoms with Gasteiger partial charge in [0.1, 0.15) is 12.4 Å². The number of rotatable bonds is 7. The van der Waals surface area contributed by atoms with Crippen LogP contribution in [0.4, 0.5) is 4.39 Å². The molecule has 1 aromatic carbocycles. The summed E-state index contributed by atoms with van der Waals surface area (Å²) in [6.45, 7) is 4.36. The van der Waals surface area contributed by atoms with Crippen molar-refractivity contribution in [2.24, 2.45) is 5.92 Å². The quantitative estimate of drug-likeness (QED) is 0.574. The number of esters is 1. The first-order valence-electron chi connectivity index (χ1n) is 7.07. The van der Waals surface area contributed by atoms with Crippen molar-refractivity contribution >= 4 is 11.9 Å². The van der Waals surface area contributed by atoms with Crippen molar-refractivity contribution in [2.75, 3.05) is 20.2 Å². The zero-order valence-corrected chi connectivity index (χ0v) is 12.8. The molecule has 0 bridgehead atoms. The Hall–Kier alpha value is -1.91. The van der Waals surface area contributed by atoms with E-state index in [1.807, 2.05) is 0 Å². The molecule has 0 saturated carbocycles. The summed E-state index contributed by atoms with van der Waals surface area (Å²) >= 11 is 0. The summed E-state index contributed by atoms with van der Waals surface area (Å²) in [5.41, 5.74) is -0.0485. The largest absolute Gasteiger partial charge is 0.464 e. The molecule has 0 spiro atoms. The molecule has 4 nitrogen and oxygen atoms in total. The SMILES string of the molecule is CC(C)CCCOC(=O)CN(C)C(=O)c1ccccc1F. The van der Waals surface area contributed by atoms with E-state index in [0.717, 1.165) is 17.7 Å². The third-order valence-corrected chi connectivity index (χ3v) is 3.01. The topological polar surface area (TPSA) is 46.6 Å². The van der Waals surface area contributed by atoms with Crippen LogP contribution in [0, 0.1) is 11.7 Å². The van der Waals surface area contributed by atoms with Crippen molar-refractivity contribution in [3.63, 3.8) is 0 Å². The maximum absolute atomic E-state index is 13.5. The molecule has 0 aliphatic rings. The first-order valence-corrected chi connectivity index (χ1v) is 7.07. The van der Waals surface area contributed by atoms with E-state index in [9.17, 15) is 14.0 Å². The lowest BCUT2D eigenvalue weighted by molar-refractivity contribution is -0.144. The first kappa shape index (κ1) is 17.1. The van der Waals surface area contributed by atoms with Gasteiger partial charge >= 0.3 is 5.97 Å². The van der Waals surface area contributed by atoms with Crippen LogP contribution in [0.3, 0.4) is 0 Å². The number of nitrogens with zero attached hydrogens (tertiary/aromatic N) is 1. The van der Waals surface area contributed by atoms with Crippen molar-refractivity contribution in [1.29, 1.82) is 0 Å². The molecular weight excluding hydrogens is 273 g/mol. The molecular formula is C16H22FNO3. The van der Waals surface area contributed by atoms with Crippen LogP contribution in [-0.4, -0.2) is 37.0 Å². The van der Waals surface area contributed by atoms with Gasteiger partial charge in [-0.25, -0.2) is 4.39 Å². The Morgan fingerprint density at radius 2 is 1.95 bits per heavy atom. The number of halogens is 1. The number of ether oxygens (including phenoxy) is 1. The van der Waals surface area contributed by atoms with E-state index in [-0.39, 0.29) is 12.1 Å². The van der Waals surface area contributed by atoms with Gasteiger partial charge < -0.3 is 9.64 Å². The lowest BCUT2D eigenvalue weighted by Crippen LogP contribution is -2.33. The summed E-state index contributed by atoms with van der Waals surface area (Å²) < 4.78 is 18.6. The predicted molar refractivity (Wildman–Crippen MR) is 78.4 cm³/mol. The normalized spacial score (nSPS) is 10.5. The minimum Gasteiger partial charge on any atom is -0.464 e. The third-order valence-electron chi connectivity index (χ3n) is 3.01. The van der Waals surface area contributed by atoms with Crippen LogP contribution >= 0.6 is 0 Å². The average Bonchev–Trinajstić information content (AvgIpc) is 2.43. The summed E-state index contributed by atoms with van der Waals surface area (Å²) in [5.74, 6) is -1.05. The van der Waals surface area contributed by atoms with Crippen molar-refractivity contribution in [1.82, 2.24) is 4.90 Å². The lowest BCUT2D eigenvalue weighted by atomic mass is 10.1. The Bertz CT molecular complexity index is 488. The van der Waals surface area contributed by atoms with Gasteiger partial charge in [0.15, 0.2) is 0 Å². The number of amides is 1. The third kappa shape index (κ3) is 5.94. The Morgan fingerprint density at radius 1 is 1.29 bits per heavy atom. The number of likely N-dealkylation sites (N-methyl/N-ethyl adjacent to an activating group) is 1. The van der Waals surface area contributed by atoms with Crippen LogP contribution in [0.25, 0.3) is 0 Å². The first-order chi connectivity index (χ1) is 9.91. The van der Waals surface area contributed by atoms with E-state index in [2.05, 4.69) is 13.8 Å². The highest BCUT2D eigenvalue weighted by atomic mass is 19.1. The number of hydrogen-bond donors (Lipinski definition) is 0. The van der Waals surface area contributed by atoms with E-state index >= 15 is 0 Å². The van der Waals surface area contributed by atoms with Crippen molar-refractivity contribution in [3.05, 3.63) is 35.6 Å². The molecule has 0 N–H and O–H groups in total. The number of carbonyl (C=O) groups is 2. The standard InChI is InChI=1S/C16H22FNO3/c1-12(2)7-6-10-21-15(19)11-18(3)16(20)13-8-4-5-9-14(13)17/h4-5,8-9,12H,6-7,10-11H2,1-3H3. The predicted octanol–water partition coefficient (Wildman–Crippen LogP) is 2.88. The molecule has 0 aliphatic heterocycles. The molecule has 0 saturated heterocycles. The van der Waals surface area contributed by atoms with Crippen molar-refractivity contribution in [2.45, 2.75) is 26.7 Å². The van der Waals surface area contributed by atoms with Gasteiger partial charge in [-0.2, -0.15) is 0 Å². The van der Waals surface area contributed by atoms with Gasteiger partial charge in [0, 0.05) is 7.05 Å². The van der Waals surface area contributed by atoms with E-state index in [1.54, 1.807) is 6.07 Å². The highest BCUT2D eigenvalue weighted by Gasteiger charge is 2.18. The van der Waals surface area contributed by atoms with Crippen molar-refractivity contribution in [3.8, 4) is 0 Å². The lowest BCUT2D eigenvalue weighted by Gasteiger charge is -2.16. The molecule has 0 aliphatic carbocycles. The molecule has 5 heteroatoms. The minimum atomic E-state index is -0.598. The fraction of sp³-hybridized carbons (Fsp3) is 0.500. The van der Waals surface area contributed by atoms with Crippen LogP contribution in [0.1, 0.15) is 37.0 Å². The summed E-state index contributed by atoms with van der Waals surface area (Å²) in [4.78, 5) is 24.8. The number of carbonyl (C=O) groups excluding carboxylic acids is 2.